The molecule has 8 heteroatoms. The molecule has 1 unspecified atom stereocenters. The number of aliphatic hydroxyl groups excluding tert-OH is 1. The minimum Gasteiger partial charge on any atom is -0.493 e. The molecule has 2 amide bonds. The van der Waals surface area contributed by atoms with E-state index in [0.29, 0.717) is 23.6 Å². The van der Waals surface area contributed by atoms with Crippen LogP contribution in [0.1, 0.15) is 25.3 Å². The van der Waals surface area contributed by atoms with Gasteiger partial charge in [0.05, 0.1) is 13.2 Å². The Balaban J connectivity index is 1.58. The minimum atomic E-state index is -1.68. The summed E-state index contributed by atoms with van der Waals surface area (Å²) in [4.78, 5) is 23.2. The van der Waals surface area contributed by atoms with Crippen LogP contribution < -0.4 is 15.4 Å². The lowest BCUT2D eigenvalue weighted by molar-refractivity contribution is -0.123. The third kappa shape index (κ3) is 6.11. The normalized spacial score (nSPS) is 13.4. The fraction of sp³-hybridized carbons (Fsp3) is 0.231. The van der Waals surface area contributed by atoms with Gasteiger partial charge in [0.15, 0.2) is 0 Å². The maximum absolute atomic E-state index is 14.7. The Kier molecular flexibility index (Phi) is 7.86. The Labute approximate surface area is 197 Å². The molecule has 3 aromatic rings. The third-order valence-corrected chi connectivity index (χ3v) is 5.46. The number of rotatable bonds is 9. The number of benzene rings is 3. The maximum atomic E-state index is 14.7. The van der Waals surface area contributed by atoms with Crippen LogP contribution in [0.4, 0.5) is 14.9 Å². The van der Waals surface area contributed by atoms with E-state index in [-0.39, 0.29) is 11.7 Å². The molecular weight excluding hydrogens is 439 g/mol. The topological polar surface area (TPSA) is 108 Å². The van der Waals surface area contributed by atoms with Gasteiger partial charge in [0.2, 0.25) is 0 Å². The molecule has 0 aliphatic carbocycles. The van der Waals surface area contributed by atoms with Crippen molar-refractivity contribution >= 4 is 17.7 Å². The summed E-state index contributed by atoms with van der Waals surface area (Å²) >= 11 is 0. The lowest BCUT2D eigenvalue weighted by Crippen LogP contribution is -2.56. The molecule has 34 heavy (non-hydrogen) atoms. The minimum absolute atomic E-state index is 0.0638. The number of ether oxygens (including phenoxy) is 1. The number of anilines is 1. The molecule has 4 N–H and O–H groups in total. The summed E-state index contributed by atoms with van der Waals surface area (Å²) in [5, 5.41) is 22.8. The molecule has 0 aliphatic rings. The fourth-order valence-corrected chi connectivity index (χ4v) is 3.31. The van der Waals surface area contributed by atoms with Gasteiger partial charge in [-0.05, 0) is 48.4 Å². The monoisotopic (exact) mass is 466 g/mol. The highest BCUT2D eigenvalue weighted by molar-refractivity contribution is 5.99. The zero-order chi connectivity index (χ0) is 24.7. The van der Waals surface area contributed by atoms with Crippen LogP contribution in [0.15, 0.2) is 72.8 Å². The number of carboxylic acid groups (broad SMARTS) is 1. The second-order valence-electron chi connectivity index (χ2n) is 8.22. The number of carbonyl (C=O) groups excluding carboxylic acids is 1. The van der Waals surface area contributed by atoms with Crippen LogP contribution in [0.5, 0.6) is 5.75 Å². The van der Waals surface area contributed by atoms with Crippen LogP contribution in [-0.2, 0) is 4.79 Å². The molecule has 3 aromatic carbocycles. The molecule has 0 saturated heterocycles. The molecule has 178 valence electrons. The zero-order valence-electron chi connectivity index (χ0n) is 18.9. The summed E-state index contributed by atoms with van der Waals surface area (Å²) in [5.74, 6) is -0.491. The van der Waals surface area contributed by atoms with Gasteiger partial charge in [0.25, 0.3) is 5.91 Å². The van der Waals surface area contributed by atoms with Crippen LogP contribution in [0.25, 0.3) is 11.1 Å². The van der Waals surface area contributed by atoms with E-state index in [1.54, 1.807) is 30.3 Å². The number of nitrogens with one attached hydrogen (secondary N) is 2. The van der Waals surface area contributed by atoms with E-state index in [1.807, 2.05) is 48.6 Å². The van der Waals surface area contributed by atoms with Crippen molar-refractivity contribution in [2.45, 2.75) is 25.3 Å². The number of hydrogen-bond donors (Lipinski definition) is 4. The molecule has 2 atom stereocenters. The standard InChI is InChI=1S/C26H27FN2O5/c1-17(19-8-13-22(23(27)14-19)18-6-4-3-5-7-18)15-34-21-11-9-20(10-12-21)28-24(31)26(2,16-30)29-25(32)33/h3-14,17,29-30H,15-16H2,1-2H3,(H,28,31)(H,32,33)/t17?,26-/m0/s1. The number of carbonyl (C=O) groups is 2. The summed E-state index contributed by atoms with van der Waals surface area (Å²) in [7, 11) is 0. The second-order valence-corrected chi connectivity index (χ2v) is 8.22. The van der Waals surface area contributed by atoms with Crippen molar-refractivity contribution in [2.75, 3.05) is 18.5 Å². The summed E-state index contributed by atoms with van der Waals surface area (Å²) in [5.41, 5.74) is 0.916. The average molecular weight is 467 g/mol. The summed E-state index contributed by atoms with van der Waals surface area (Å²) in [6.45, 7) is 2.85. The van der Waals surface area contributed by atoms with Crippen LogP contribution in [0.2, 0.25) is 0 Å². The Morgan fingerprint density at radius 1 is 1.06 bits per heavy atom. The lowest BCUT2D eigenvalue weighted by atomic mass is 9.97. The molecule has 0 heterocycles. The van der Waals surface area contributed by atoms with Crippen molar-refractivity contribution in [2.24, 2.45) is 0 Å². The Morgan fingerprint density at radius 3 is 2.32 bits per heavy atom. The van der Waals surface area contributed by atoms with Gasteiger partial charge in [-0.2, -0.15) is 0 Å². The zero-order valence-corrected chi connectivity index (χ0v) is 18.9. The first-order valence-electron chi connectivity index (χ1n) is 10.7. The Hall–Kier alpha value is -3.91. The predicted octanol–water partition coefficient (Wildman–Crippen LogP) is 4.63. The van der Waals surface area contributed by atoms with Crippen LogP contribution >= 0.6 is 0 Å². The van der Waals surface area contributed by atoms with Gasteiger partial charge in [-0.1, -0.05) is 49.4 Å². The van der Waals surface area contributed by atoms with Crippen molar-refractivity contribution in [3.63, 3.8) is 0 Å². The maximum Gasteiger partial charge on any atom is 0.405 e. The van der Waals surface area contributed by atoms with Crippen molar-refractivity contribution in [3.8, 4) is 16.9 Å². The van der Waals surface area contributed by atoms with Gasteiger partial charge in [-0.25, -0.2) is 9.18 Å². The van der Waals surface area contributed by atoms with E-state index < -0.39 is 24.1 Å². The van der Waals surface area contributed by atoms with Gasteiger partial charge in [0.1, 0.15) is 17.1 Å². The summed E-state index contributed by atoms with van der Waals surface area (Å²) < 4.78 is 20.5. The van der Waals surface area contributed by atoms with Crippen molar-refractivity contribution in [1.29, 1.82) is 0 Å². The van der Waals surface area contributed by atoms with Gasteiger partial charge in [-0.15, -0.1) is 0 Å². The predicted molar refractivity (Wildman–Crippen MR) is 127 cm³/mol. The first-order valence-corrected chi connectivity index (χ1v) is 10.7. The van der Waals surface area contributed by atoms with Gasteiger partial charge >= 0.3 is 6.09 Å². The molecule has 0 radical (unpaired) electrons. The fourth-order valence-electron chi connectivity index (χ4n) is 3.31. The molecular formula is C26H27FN2O5. The SMILES string of the molecule is CC(COc1ccc(NC(=O)[C@](C)(CO)NC(=O)O)cc1)c1ccc(-c2ccccc2)c(F)c1. The number of aliphatic hydroxyl groups is 1. The van der Waals surface area contributed by atoms with E-state index in [0.717, 1.165) is 11.1 Å². The highest BCUT2D eigenvalue weighted by atomic mass is 19.1. The highest BCUT2D eigenvalue weighted by Gasteiger charge is 2.34. The third-order valence-electron chi connectivity index (χ3n) is 5.46. The van der Waals surface area contributed by atoms with E-state index >= 15 is 0 Å². The lowest BCUT2D eigenvalue weighted by Gasteiger charge is -2.25. The van der Waals surface area contributed by atoms with Crippen LogP contribution in [-0.4, -0.2) is 41.0 Å². The number of halogens is 1. The van der Waals surface area contributed by atoms with Gasteiger partial charge in [-0.3, -0.25) is 4.79 Å². The molecule has 0 fully saturated rings. The number of hydrogen-bond acceptors (Lipinski definition) is 4. The van der Waals surface area contributed by atoms with Crippen LogP contribution in [0, 0.1) is 5.82 Å². The summed E-state index contributed by atoms with van der Waals surface area (Å²) in [6.07, 6.45) is -1.42. The van der Waals surface area contributed by atoms with Gasteiger partial charge in [0, 0.05) is 17.2 Å². The first-order chi connectivity index (χ1) is 16.2. The highest BCUT2D eigenvalue weighted by Crippen LogP contribution is 2.27. The molecule has 0 saturated carbocycles. The largest absolute Gasteiger partial charge is 0.493 e. The first kappa shape index (κ1) is 24.7. The van der Waals surface area contributed by atoms with E-state index in [1.165, 1.54) is 13.0 Å². The Morgan fingerprint density at radius 2 is 1.74 bits per heavy atom. The molecule has 0 spiro atoms. The molecule has 7 nitrogen and oxygen atoms in total. The Bertz CT molecular complexity index is 1140. The van der Waals surface area contributed by atoms with Crippen molar-refractivity contribution in [3.05, 3.63) is 84.2 Å². The van der Waals surface area contributed by atoms with Crippen molar-refractivity contribution < 1.29 is 28.9 Å². The summed E-state index contributed by atoms with van der Waals surface area (Å²) in [6, 6.07) is 21.1. The smallest absolute Gasteiger partial charge is 0.405 e. The van der Waals surface area contributed by atoms with Gasteiger partial charge < -0.3 is 25.6 Å². The average Bonchev–Trinajstić information content (AvgIpc) is 2.83. The quantitative estimate of drug-likeness (QED) is 0.368. The van der Waals surface area contributed by atoms with E-state index in [4.69, 9.17) is 9.84 Å². The van der Waals surface area contributed by atoms with E-state index in [9.17, 15) is 19.1 Å². The molecule has 0 bridgehead atoms. The molecule has 0 aromatic heterocycles. The van der Waals surface area contributed by atoms with Crippen LogP contribution in [0.3, 0.4) is 0 Å². The van der Waals surface area contributed by atoms with Crippen molar-refractivity contribution in [1.82, 2.24) is 5.32 Å². The molecule has 0 aliphatic heterocycles. The number of amides is 2. The van der Waals surface area contributed by atoms with E-state index in [2.05, 4.69) is 5.32 Å². The molecule has 3 rings (SSSR count). The second kappa shape index (κ2) is 10.8.